The van der Waals surface area contributed by atoms with Crippen LogP contribution in [0.2, 0.25) is 0 Å². The summed E-state index contributed by atoms with van der Waals surface area (Å²) in [5.41, 5.74) is 3.99. The average Bonchev–Trinajstić information content (AvgIpc) is 2.79. The molecule has 1 aromatic heterocycles. The molecule has 0 spiro atoms. The van der Waals surface area contributed by atoms with Crippen molar-refractivity contribution in [1.29, 1.82) is 0 Å². The quantitative estimate of drug-likeness (QED) is 0.804. The third kappa shape index (κ3) is 4.99. The second-order valence-electron chi connectivity index (χ2n) is 8.41. The van der Waals surface area contributed by atoms with Gasteiger partial charge in [-0.15, -0.1) is 0 Å². The Morgan fingerprint density at radius 3 is 2.52 bits per heavy atom. The van der Waals surface area contributed by atoms with Crippen LogP contribution >= 0.6 is 0 Å². The predicted octanol–water partition coefficient (Wildman–Crippen LogP) is 3.77. The van der Waals surface area contributed by atoms with E-state index in [1.54, 1.807) is 12.4 Å². The lowest BCUT2D eigenvalue weighted by Gasteiger charge is -2.38. The van der Waals surface area contributed by atoms with E-state index in [0.717, 1.165) is 64.6 Å². The second kappa shape index (κ2) is 9.44. The maximum Gasteiger partial charge on any atom is 0.147 e. The van der Waals surface area contributed by atoms with Gasteiger partial charge < -0.3 is 19.9 Å². The van der Waals surface area contributed by atoms with Gasteiger partial charge in [0.15, 0.2) is 0 Å². The van der Waals surface area contributed by atoms with Crippen LogP contribution in [-0.4, -0.2) is 55.9 Å². The Kier molecular flexibility index (Phi) is 6.49. The highest BCUT2D eigenvalue weighted by atomic mass is 16.5. The van der Waals surface area contributed by atoms with Gasteiger partial charge in [-0.2, -0.15) is 0 Å². The fourth-order valence-electron chi connectivity index (χ4n) is 4.15. The molecule has 2 aliphatic rings. The number of anilines is 3. The van der Waals surface area contributed by atoms with Crippen LogP contribution in [0.5, 0.6) is 0 Å². The van der Waals surface area contributed by atoms with Crippen LogP contribution in [0.15, 0.2) is 36.8 Å². The van der Waals surface area contributed by atoms with Crippen LogP contribution in [0.3, 0.4) is 0 Å². The third-order valence-corrected chi connectivity index (χ3v) is 6.10. The molecule has 2 saturated heterocycles. The molecule has 0 radical (unpaired) electrons. The standard InChI is InChI=1S/C23H33N5O/c1-18(2)20-3-4-21(26-16-19-5-13-29-14-6-19)22(15-20)27-9-11-28(12-10-27)23-17-24-7-8-25-23/h3-4,7-8,15,17-19,26H,5-6,9-14,16H2,1-2H3. The van der Waals surface area contributed by atoms with E-state index in [1.807, 2.05) is 6.20 Å². The minimum absolute atomic E-state index is 0.527. The monoisotopic (exact) mass is 395 g/mol. The van der Waals surface area contributed by atoms with Gasteiger partial charge in [-0.1, -0.05) is 19.9 Å². The van der Waals surface area contributed by atoms with Crippen molar-refractivity contribution < 1.29 is 4.74 Å². The molecule has 0 amide bonds. The lowest BCUT2D eigenvalue weighted by Crippen LogP contribution is -2.47. The van der Waals surface area contributed by atoms with Crippen molar-refractivity contribution in [3.63, 3.8) is 0 Å². The summed E-state index contributed by atoms with van der Waals surface area (Å²) in [7, 11) is 0. The molecule has 0 atom stereocenters. The zero-order valence-electron chi connectivity index (χ0n) is 17.7. The van der Waals surface area contributed by atoms with Crippen molar-refractivity contribution in [1.82, 2.24) is 9.97 Å². The summed E-state index contributed by atoms with van der Waals surface area (Å²) in [5, 5.41) is 3.76. The van der Waals surface area contributed by atoms with Crippen molar-refractivity contribution in [3.05, 3.63) is 42.4 Å². The molecule has 1 N–H and O–H groups in total. The van der Waals surface area contributed by atoms with E-state index in [0.29, 0.717) is 11.8 Å². The maximum atomic E-state index is 5.51. The molecule has 3 heterocycles. The SMILES string of the molecule is CC(C)c1ccc(NCC2CCOCC2)c(N2CCN(c3cnccn3)CC2)c1. The summed E-state index contributed by atoms with van der Waals surface area (Å²) < 4.78 is 5.51. The molecular formula is C23H33N5O. The molecule has 6 nitrogen and oxygen atoms in total. The number of ether oxygens (including phenoxy) is 1. The number of nitrogens with one attached hydrogen (secondary N) is 1. The molecule has 2 fully saturated rings. The number of aromatic nitrogens is 2. The van der Waals surface area contributed by atoms with E-state index < -0.39 is 0 Å². The fraction of sp³-hybridized carbons (Fsp3) is 0.565. The van der Waals surface area contributed by atoms with E-state index in [-0.39, 0.29) is 0 Å². The Balaban J connectivity index is 1.46. The third-order valence-electron chi connectivity index (χ3n) is 6.10. The fourth-order valence-corrected chi connectivity index (χ4v) is 4.15. The molecule has 0 aliphatic carbocycles. The first-order valence-corrected chi connectivity index (χ1v) is 10.9. The molecule has 6 heteroatoms. The molecule has 2 aliphatic heterocycles. The van der Waals surface area contributed by atoms with Crippen molar-refractivity contribution >= 4 is 17.2 Å². The maximum absolute atomic E-state index is 5.51. The van der Waals surface area contributed by atoms with Gasteiger partial charge in [-0.25, -0.2) is 4.98 Å². The molecule has 0 unspecified atom stereocenters. The molecular weight excluding hydrogens is 362 g/mol. The Hall–Kier alpha value is -2.34. The number of nitrogens with zero attached hydrogens (tertiary/aromatic N) is 4. The molecule has 4 rings (SSSR count). The van der Waals surface area contributed by atoms with Crippen LogP contribution in [0.4, 0.5) is 17.2 Å². The van der Waals surface area contributed by atoms with Gasteiger partial charge >= 0.3 is 0 Å². The summed E-state index contributed by atoms with van der Waals surface area (Å²) in [5.74, 6) is 2.20. The Bertz CT molecular complexity index is 768. The lowest BCUT2D eigenvalue weighted by atomic mass is 9.99. The average molecular weight is 396 g/mol. The highest BCUT2D eigenvalue weighted by Gasteiger charge is 2.22. The van der Waals surface area contributed by atoms with Gasteiger partial charge in [0.05, 0.1) is 17.6 Å². The largest absolute Gasteiger partial charge is 0.383 e. The summed E-state index contributed by atoms with van der Waals surface area (Å²) in [6.45, 7) is 11.3. The predicted molar refractivity (Wildman–Crippen MR) is 119 cm³/mol. The van der Waals surface area contributed by atoms with Crippen molar-refractivity contribution in [2.75, 3.05) is 61.1 Å². The van der Waals surface area contributed by atoms with Crippen LogP contribution in [-0.2, 0) is 4.74 Å². The van der Waals surface area contributed by atoms with E-state index in [2.05, 4.69) is 57.1 Å². The molecule has 1 aromatic carbocycles. The van der Waals surface area contributed by atoms with Crippen molar-refractivity contribution in [3.8, 4) is 0 Å². The van der Waals surface area contributed by atoms with Crippen LogP contribution in [0.25, 0.3) is 0 Å². The summed E-state index contributed by atoms with van der Waals surface area (Å²) in [4.78, 5) is 13.5. The molecule has 2 aromatic rings. The van der Waals surface area contributed by atoms with E-state index in [4.69, 9.17) is 4.74 Å². The van der Waals surface area contributed by atoms with Gasteiger partial charge in [0, 0.05) is 58.3 Å². The van der Waals surface area contributed by atoms with Gasteiger partial charge in [0.25, 0.3) is 0 Å². The Morgan fingerprint density at radius 2 is 1.83 bits per heavy atom. The number of rotatable bonds is 6. The van der Waals surface area contributed by atoms with Crippen LogP contribution < -0.4 is 15.1 Å². The number of piperazine rings is 1. The highest BCUT2D eigenvalue weighted by Crippen LogP contribution is 2.32. The first-order valence-electron chi connectivity index (χ1n) is 10.9. The number of hydrogen-bond acceptors (Lipinski definition) is 6. The Morgan fingerprint density at radius 1 is 1.07 bits per heavy atom. The first-order chi connectivity index (χ1) is 14.2. The van der Waals surface area contributed by atoms with Crippen LogP contribution in [0, 0.1) is 5.92 Å². The number of benzene rings is 1. The normalized spacial score (nSPS) is 18.3. The number of hydrogen-bond donors (Lipinski definition) is 1. The van der Waals surface area contributed by atoms with Crippen molar-refractivity contribution in [2.24, 2.45) is 5.92 Å². The molecule has 0 bridgehead atoms. The van der Waals surface area contributed by atoms with E-state index >= 15 is 0 Å². The highest BCUT2D eigenvalue weighted by molar-refractivity contribution is 5.72. The first kappa shape index (κ1) is 20.0. The minimum Gasteiger partial charge on any atom is -0.383 e. The minimum atomic E-state index is 0.527. The van der Waals surface area contributed by atoms with E-state index in [9.17, 15) is 0 Å². The smallest absolute Gasteiger partial charge is 0.147 e. The van der Waals surface area contributed by atoms with Crippen molar-refractivity contribution in [2.45, 2.75) is 32.6 Å². The van der Waals surface area contributed by atoms with E-state index in [1.165, 1.54) is 16.9 Å². The summed E-state index contributed by atoms with van der Waals surface area (Å²) in [6, 6.07) is 6.93. The van der Waals surface area contributed by atoms with Gasteiger partial charge in [-0.05, 0) is 42.4 Å². The van der Waals surface area contributed by atoms with Gasteiger partial charge in [-0.3, -0.25) is 4.98 Å². The topological polar surface area (TPSA) is 53.5 Å². The summed E-state index contributed by atoms with van der Waals surface area (Å²) >= 11 is 0. The zero-order chi connectivity index (χ0) is 20.1. The van der Waals surface area contributed by atoms with Gasteiger partial charge in [0.1, 0.15) is 5.82 Å². The Labute approximate surface area is 174 Å². The molecule has 0 saturated carbocycles. The van der Waals surface area contributed by atoms with Gasteiger partial charge in [0.2, 0.25) is 0 Å². The molecule has 29 heavy (non-hydrogen) atoms. The molecule has 156 valence electrons. The van der Waals surface area contributed by atoms with Crippen LogP contribution in [0.1, 0.15) is 38.2 Å². The second-order valence-corrected chi connectivity index (χ2v) is 8.41. The zero-order valence-corrected chi connectivity index (χ0v) is 17.7. The lowest BCUT2D eigenvalue weighted by molar-refractivity contribution is 0.0699. The summed E-state index contributed by atoms with van der Waals surface area (Å²) in [6.07, 6.45) is 7.67.